The SMILES string of the molecule is COc1cccc(CCC(=O)NC2CC2c2cccs2)c1. The lowest BCUT2D eigenvalue weighted by Gasteiger charge is -2.06. The number of amides is 1. The number of hydrogen-bond donors (Lipinski definition) is 1. The maximum atomic E-state index is 12.0. The molecule has 0 spiro atoms. The van der Waals surface area contributed by atoms with Crippen molar-refractivity contribution in [1.82, 2.24) is 5.32 Å². The lowest BCUT2D eigenvalue weighted by molar-refractivity contribution is -0.121. The van der Waals surface area contributed by atoms with Crippen molar-refractivity contribution in [3.63, 3.8) is 0 Å². The summed E-state index contributed by atoms with van der Waals surface area (Å²) in [6.45, 7) is 0. The molecule has 0 radical (unpaired) electrons. The zero-order valence-electron chi connectivity index (χ0n) is 12.0. The Morgan fingerprint density at radius 1 is 1.38 bits per heavy atom. The first kappa shape index (κ1) is 14.1. The second-order valence-corrected chi connectivity index (χ2v) is 6.36. The quantitative estimate of drug-likeness (QED) is 0.888. The second-order valence-electron chi connectivity index (χ2n) is 5.38. The Morgan fingerprint density at radius 3 is 3.05 bits per heavy atom. The standard InChI is InChI=1S/C17H19NO2S/c1-20-13-5-2-4-12(10-13)7-8-17(19)18-15-11-14(15)16-6-3-9-21-16/h2-6,9-10,14-15H,7-8,11H2,1H3,(H,18,19). The Balaban J connectivity index is 1.45. The van der Waals surface area contributed by atoms with Gasteiger partial charge in [0.25, 0.3) is 0 Å². The molecule has 0 bridgehead atoms. The van der Waals surface area contributed by atoms with E-state index in [2.05, 4.69) is 22.8 Å². The van der Waals surface area contributed by atoms with Crippen LogP contribution in [0.5, 0.6) is 5.75 Å². The molecule has 3 nitrogen and oxygen atoms in total. The number of ether oxygens (including phenoxy) is 1. The van der Waals surface area contributed by atoms with Crippen LogP contribution in [-0.4, -0.2) is 19.1 Å². The number of aryl methyl sites for hydroxylation is 1. The minimum atomic E-state index is 0.141. The van der Waals surface area contributed by atoms with Gasteiger partial charge in [0.05, 0.1) is 7.11 Å². The predicted octanol–water partition coefficient (Wildman–Crippen LogP) is 3.36. The van der Waals surface area contributed by atoms with E-state index in [0.29, 0.717) is 18.4 Å². The van der Waals surface area contributed by atoms with Gasteiger partial charge in [0.15, 0.2) is 0 Å². The Morgan fingerprint density at radius 2 is 2.29 bits per heavy atom. The smallest absolute Gasteiger partial charge is 0.220 e. The fourth-order valence-electron chi connectivity index (χ4n) is 2.54. The number of benzene rings is 1. The molecule has 21 heavy (non-hydrogen) atoms. The van der Waals surface area contributed by atoms with Gasteiger partial charge in [-0.25, -0.2) is 0 Å². The largest absolute Gasteiger partial charge is 0.497 e. The van der Waals surface area contributed by atoms with Gasteiger partial charge in [-0.05, 0) is 42.0 Å². The van der Waals surface area contributed by atoms with Crippen molar-refractivity contribution < 1.29 is 9.53 Å². The minimum absolute atomic E-state index is 0.141. The molecule has 110 valence electrons. The van der Waals surface area contributed by atoms with Gasteiger partial charge in [-0.2, -0.15) is 0 Å². The van der Waals surface area contributed by atoms with Crippen LogP contribution in [0.2, 0.25) is 0 Å². The summed E-state index contributed by atoms with van der Waals surface area (Å²) in [5, 5.41) is 5.22. The summed E-state index contributed by atoms with van der Waals surface area (Å²) < 4.78 is 5.19. The fourth-order valence-corrected chi connectivity index (χ4v) is 3.44. The van der Waals surface area contributed by atoms with Gasteiger partial charge in [-0.3, -0.25) is 4.79 Å². The van der Waals surface area contributed by atoms with Gasteiger partial charge in [-0.15, -0.1) is 11.3 Å². The summed E-state index contributed by atoms with van der Waals surface area (Å²) in [6.07, 6.45) is 2.35. The van der Waals surface area contributed by atoms with Crippen LogP contribution in [0.25, 0.3) is 0 Å². The summed E-state index contributed by atoms with van der Waals surface area (Å²) in [5.41, 5.74) is 1.13. The van der Waals surface area contributed by atoms with Crippen LogP contribution in [0.3, 0.4) is 0 Å². The molecule has 1 aromatic carbocycles. The number of hydrogen-bond acceptors (Lipinski definition) is 3. The van der Waals surface area contributed by atoms with Crippen molar-refractivity contribution in [2.45, 2.75) is 31.2 Å². The molecule has 1 N–H and O–H groups in total. The Hall–Kier alpha value is -1.81. The molecule has 1 fully saturated rings. The van der Waals surface area contributed by atoms with E-state index in [1.54, 1.807) is 18.4 Å². The molecule has 1 aliphatic rings. The molecule has 2 unspecified atom stereocenters. The van der Waals surface area contributed by atoms with Crippen molar-refractivity contribution in [3.05, 3.63) is 52.2 Å². The summed E-state index contributed by atoms with van der Waals surface area (Å²) >= 11 is 1.77. The highest BCUT2D eigenvalue weighted by molar-refractivity contribution is 7.10. The Kier molecular flexibility index (Phi) is 4.25. The van der Waals surface area contributed by atoms with Crippen molar-refractivity contribution in [2.75, 3.05) is 7.11 Å². The summed E-state index contributed by atoms with van der Waals surface area (Å²) in [7, 11) is 1.66. The van der Waals surface area contributed by atoms with E-state index in [1.807, 2.05) is 24.3 Å². The van der Waals surface area contributed by atoms with Gasteiger partial charge in [0, 0.05) is 23.3 Å². The third kappa shape index (κ3) is 3.64. The van der Waals surface area contributed by atoms with Crippen LogP contribution in [0.15, 0.2) is 41.8 Å². The first-order valence-electron chi connectivity index (χ1n) is 7.22. The minimum Gasteiger partial charge on any atom is -0.497 e. The zero-order chi connectivity index (χ0) is 14.7. The van der Waals surface area contributed by atoms with Gasteiger partial charge in [0.2, 0.25) is 5.91 Å². The second kappa shape index (κ2) is 6.31. The van der Waals surface area contributed by atoms with Gasteiger partial charge in [-0.1, -0.05) is 18.2 Å². The Labute approximate surface area is 129 Å². The van der Waals surface area contributed by atoms with Crippen molar-refractivity contribution >= 4 is 17.2 Å². The molecule has 1 saturated carbocycles. The van der Waals surface area contributed by atoms with Crippen LogP contribution >= 0.6 is 11.3 Å². The summed E-state index contributed by atoms with van der Waals surface area (Å²) in [5.74, 6) is 1.51. The van der Waals surface area contributed by atoms with Crippen LogP contribution in [0.4, 0.5) is 0 Å². The van der Waals surface area contributed by atoms with Crippen LogP contribution in [0, 0.1) is 0 Å². The molecule has 0 saturated heterocycles. The highest BCUT2D eigenvalue weighted by Gasteiger charge is 2.39. The molecule has 2 atom stereocenters. The predicted molar refractivity (Wildman–Crippen MR) is 84.9 cm³/mol. The molecule has 0 aliphatic heterocycles. The number of carbonyl (C=O) groups excluding carboxylic acids is 1. The van der Waals surface area contributed by atoms with Crippen LogP contribution in [-0.2, 0) is 11.2 Å². The molecular formula is C17H19NO2S. The maximum Gasteiger partial charge on any atom is 0.220 e. The lowest BCUT2D eigenvalue weighted by atomic mass is 10.1. The average Bonchev–Trinajstić information content (AvgIpc) is 3.05. The number of nitrogens with one attached hydrogen (secondary N) is 1. The topological polar surface area (TPSA) is 38.3 Å². The molecule has 1 heterocycles. The number of rotatable bonds is 6. The van der Waals surface area contributed by atoms with Crippen molar-refractivity contribution in [2.24, 2.45) is 0 Å². The van der Waals surface area contributed by atoms with Gasteiger partial charge >= 0.3 is 0 Å². The molecule has 1 aliphatic carbocycles. The van der Waals surface area contributed by atoms with Crippen LogP contribution in [0.1, 0.15) is 29.2 Å². The van der Waals surface area contributed by atoms with E-state index in [0.717, 1.165) is 24.2 Å². The lowest BCUT2D eigenvalue weighted by Crippen LogP contribution is -2.26. The molecule has 1 aromatic heterocycles. The zero-order valence-corrected chi connectivity index (χ0v) is 12.9. The highest BCUT2D eigenvalue weighted by Crippen LogP contribution is 2.42. The van der Waals surface area contributed by atoms with Gasteiger partial charge in [0.1, 0.15) is 5.75 Å². The van der Waals surface area contributed by atoms with Crippen molar-refractivity contribution in [3.8, 4) is 5.75 Å². The first-order valence-corrected chi connectivity index (χ1v) is 8.10. The van der Waals surface area contributed by atoms with E-state index in [9.17, 15) is 4.79 Å². The van der Waals surface area contributed by atoms with E-state index in [-0.39, 0.29) is 5.91 Å². The van der Waals surface area contributed by atoms with E-state index >= 15 is 0 Å². The van der Waals surface area contributed by atoms with Gasteiger partial charge < -0.3 is 10.1 Å². The first-order chi connectivity index (χ1) is 10.3. The molecular weight excluding hydrogens is 282 g/mol. The number of methoxy groups -OCH3 is 1. The number of carbonyl (C=O) groups is 1. The molecule has 3 rings (SSSR count). The molecule has 2 aromatic rings. The average molecular weight is 301 g/mol. The van der Waals surface area contributed by atoms with Crippen molar-refractivity contribution in [1.29, 1.82) is 0 Å². The molecule has 1 amide bonds. The summed E-state index contributed by atoms with van der Waals surface area (Å²) in [4.78, 5) is 13.4. The molecule has 4 heteroatoms. The third-order valence-corrected chi connectivity index (χ3v) is 4.82. The van der Waals surface area contributed by atoms with E-state index in [4.69, 9.17) is 4.74 Å². The highest BCUT2D eigenvalue weighted by atomic mass is 32.1. The summed E-state index contributed by atoms with van der Waals surface area (Å²) in [6, 6.07) is 12.4. The third-order valence-electron chi connectivity index (χ3n) is 3.82. The van der Waals surface area contributed by atoms with Crippen LogP contribution < -0.4 is 10.1 Å². The van der Waals surface area contributed by atoms with E-state index in [1.165, 1.54) is 4.88 Å². The Bertz CT molecular complexity index is 609. The fraction of sp³-hybridized carbons (Fsp3) is 0.353. The maximum absolute atomic E-state index is 12.0. The van der Waals surface area contributed by atoms with E-state index < -0.39 is 0 Å². The number of thiophene rings is 1. The normalized spacial score (nSPS) is 20.0. The monoisotopic (exact) mass is 301 g/mol.